The van der Waals surface area contributed by atoms with Crippen LogP contribution < -0.4 is 5.73 Å². The molecule has 1 aromatic carbocycles. The smallest absolute Gasteiger partial charge is 0.121 e. The van der Waals surface area contributed by atoms with Gasteiger partial charge in [0.05, 0.1) is 12.3 Å². The molecule has 0 fully saturated rings. The summed E-state index contributed by atoms with van der Waals surface area (Å²) in [5, 5.41) is 0. The Balaban J connectivity index is 1.90. The minimum Gasteiger partial charge on any atom is -0.468 e. The number of aryl methyl sites for hydroxylation is 1. The average Bonchev–Trinajstić information content (AvgIpc) is 2.81. The van der Waals surface area contributed by atoms with Gasteiger partial charge in [-0.1, -0.05) is 17.7 Å². The highest BCUT2D eigenvalue weighted by Gasteiger charge is 2.08. The second kappa shape index (κ2) is 5.23. The fourth-order valence-corrected chi connectivity index (χ4v) is 2.27. The predicted molar refractivity (Wildman–Crippen MR) is 67.5 cm³/mol. The van der Waals surface area contributed by atoms with Crippen molar-refractivity contribution in [1.82, 2.24) is 0 Å². The quantitative estimate of drug-likeness (QED) is 0.823. The molecule has 0 aliphatic carbocycles. The van der Waals surface area contributed by atoms with E-state index in [1.165, 1.54) is 10.5 Å². The molecule has 0 saturated carbocycles. The van der Waals surface area contributed by atoms with E-state index in [0.29, 0.717) is 0 Å². The maximum Gasteiger partial charge on any atom is 0.121 e. The lowest BCUT2D eigenvalue weighted by Gasteiger charge is -2.08. The van der Waals surface area contributed by atoms with E-state index in [2.05, 4.69) is 31.2 Å². The summed E-state index contributed by atoms with van der Waals surface area (Å²) in [6, 6.07) is 12.2. The van der Waals surface area contributed by atoms with Gasteiger partial charge in [-0.3, -0.25) is 0 Å². The summed E-state index contributed by atoms with van der Waals surface area (Å²) in [7, 11) is 0. The standard InChI is InChI=1S/C13H15NOS/c1-10-4-6-11(7-5-10)16-9-12(14)13-3-2-8-15-13/h2-8,12H,9,14H2,1H3. The monoisotopic (exact) mass is 233 g/mol. The van der Waals surface area contributed by atoms with Gasteiger partial charge in [0.1, 0.15) is 5.76 Å². The molecule has 0 saturated heterocycles. The Hall–Kier alpha value is -1.19. The number of rotatable bonds is 4. The van der Waals surface area contributed by atoms with Gasteiger partial charge < -0.3 is 10.2 Å². The molecule has 84 valence electrons. The summed E-state index contributed by atoms with van der Waals surface area (Å²) < 4.78 is 5.26. The second-order valence-corrected chi connectivity index (χ2v) is 4.84. The third kappa shape index (κ3) is 2.90. The summed E-state index contributed by atoms with van der Waals surface area (Å²) in [6.07, 6.45) is 1.66. The summed E-state index contributed by atoms with van der Waals surface area (Å²) >= 11 is 1.75. The highest BCUT2D eigenvalue weighted by molar-refractivity contribution is 7.99. The van der Waals surface area contributed by atoms with Crippen molar-refractivity contribution in [3.8, 4) is 0 Å². The molecule has 16 heavy (non-hydrogen) atoms. The van der Waals surface area contributed by atoms with Gasteiger partial charge in [0, 0.05) is 10.6 Å². The summed E-state index contributed by atoms with van der Waals surface area (Å²) in [6.45, 7) is 2.09. The number of hydrogen-bond donors (Lipinski definition) is 1. The Morgan fingerprint density at radius 2 is 2.00 bits per heavy atom. The summed E-state index contributed by atoms with van der Waals surface area (Å²) in [5.74, 6) is 1.68. The predicted octanol–water partition coefficient (Wildman–Crippen LogP) is 3.38. The van der Waals surface area contributed by atoms with Crippen molar-refractivity contribution in [2.24, 2.45) is 5.73 Å². The second-order valence-electron chi connectivity index (χ2n) is 3.75. The van der Waals surface area contributed by atoms with Crippen molar-refractivity contribution in [2.45, 2.75) is 17.9 Å². The molecule has 0 aliphatic rings. The van der Waals surface area contributed by atoms with E-state index < -0.39 is 0 Å². The van der Waals surface area contributed by atoms with Crippen LogP contribution in [-0.2, 0) is 0 Å². The molecular formula is C13H15NOS. The average molecular weight is 233 g/mol. The van der Waals surface area contributed by atoms with E-state index in [1.54, 1.807) is 18.0 Å². The van der Waals surface area contributed by atoms with E-state index >= 15 is 0 Å². The van der Waals surface area contributed by atoms with Crippen LogP contribution in [0.5, 0.6) is 0 Å². The Morgan fingerprint density at radius 3 is 2.62 bits per heavy atom. The first-order valence-corrected chi connectivity index (χ1v) is 6.23. The molecule has 1 unspecified atom stereocenters. The molecule has 0 bridgehead atoms. The van der Waals surface area contributed by atoms with Crippen molar-refractivity contribution < 1.29 is 4.42 Å². The van der Waals surface area contributed by atoms with Crippen LogP contribution in [0.4, 0.5) is 0 Å². The minimum absolute atomic E-state index is 0.0405. The molecule has 2 nitrogen and oxygen atoms in total. The molecule has 3 heteroatoms. The normalized spacial score (nSPS) is 12.6. The Bertz CT molecular complexity index is 422. The van der Waals surface area contributed by atoms with Crippen LogP contribution in [0.3, 0.4) is 0 Å². The van der Waals surface area contributed by atoms with Crippen molar-refractivity contribution in [3.05, 3.63) is 54.0 Å². The molecule has 0 radical (unpaired) electrons. The SMILES string of the molecule is Cc1ccc(SCC(N)c2ccco2)cc1. The third-order valence-corrected chi connectivity index (χ3v) is 3.49. The lowest BCUT2D eigenvalue weighted by atomic mass is 10.2. The number of furan rings is 1. The minimum atomic E-state index is -0.0405. The number of thioether (sulfide) groups is 1. The Kier molecular flexibility index (Phi) is 3.70. The van der Waals surface area contributed by atoms with Crippen LogP contribution in [0, 0.1) is 6.92 Å². The first kappa shape index (κ1) is 11.3. The highest BCUT2D eigenvalue weighted by atomic mass is 32.2. The van der Waals surface area contributed by atoms with Gasteiger partial charge in [0.25, 0.3) is 0 Å². The van der Waals surface area contributed by atoms with Crippen LogP contribution in [0.25, 0.3) is 0 Å². The molecule has 1 atom stereocenters. The van der Waals surface area contributed by atoms with Crippen molar-refractivity contribution in [2.75, 3.05) is 5.75 Å². The molecule has 0 amide bonds. The zero-order valence-corrected chi connectivity index (χ0v) is 10.0. The van der Waals surface area contributed by atoms with Gasteiger partial charge in [0.15, 0.2) is 0 Å². The van der Waals surface area contributed by atoms with Crippen LogP contribution in [0.1, 0.15) is 17.4 Å². The molecular weight excluding hydrogens is 218 g/mol. The lowest BCUT2D eigenvalue weighted by molar-refractivity contribution is 0.482. The van der Waals surface area contributed by atoms with Crippen LogP contribution >= 0.6 is 11.8 Å². The maximum atomic E-state index is 6.00. The van der Waals surface area contributed by atoms with E-state index in [4.69, 9.17) is 10.2 Å². The van der Waals surface area contributed by atoms with Crippen LogP contribution in [0.15, 0.2) is 52.0 Å². The molecule has 0 aliphatic heterocycles. The van der Waals surface area contributed by atoms with Gasteiger partial charge in [0.2, 0.25) is 0 Å². The third-order valence-electron chi connectivity index (χ3n) is 2.36. The van der Waals surface area contributed by atoms with Gasteiger partial charge in [-0.15, -0.1) is 11.8 Å². The molecule has 0 spiro atoms. The number of nitrogens with two attached hydrogens (primary N) is 1. The van der Waals surface area contributed by atoms with E-state index in [0.717, 1.165) is 11.5 Å². The van der Waals surface area contributed by atoms with Crippen LogP contribution in [-0.4, -0.2) is 5.75 Å². The van der Waals surface area contributed by atoms with Gasteiger partial charge >= 0.3 is 0 Å². The fourth-order valence-electron chi connectivity index (χ4n) is 1.40. The fraction of sp³-hybridized carbons (Fsp3) is 0.231. The molecule has 1 heterocycles. The molecule has 2 N–H and O–H groups in total. The van der Waals surface area contributed by atoms with Gasteiger partial charge in [-0.25, -0.2) is 0 Å². The lowest BCUT2D eigenvalue weighted by Crippen LogP contribution is -2.11. The highest BCUT2D eigenvalue weighted by Crippen LogP contribution is 2.23. The van der Waals surface area contributed by atoms with Crippen molar-refractivity contribution >= 4 is 11.8 Å². The van der Waals surface area contributed by atoms with Crippen molar-refractivity contribution in [1.29, 1.82) is 0 Å². The van der Waals surface area contributed by atoms with Gasteiger partial charge in [-0.2, -0.15) is 0 Å². The first-order chi connectivity index (χ1) is 7.75. The topological polar surface area (TPSA) is 39.2 Å². The number of hydrogen-bond acceptors (Lipinski definition) is 3. The molecule has 2 aromatic rings. The first-order valence-electron chi connectivity index (χ1n) is 5.24. The van der Waals surface area contributed by atoms with E-state index in [9.17, 15) is 0 Å². The van der Waals surface area contributed by atoms with E-state index in [1.807, 2.05) is 12.1 Å². The molecule has 1 aromatic heterocycles. The van der Waals surface area contributed by atoms with Crippen LogP contribution in [0.2, 0.25) is 0 Å². The summed E-state index contributed by atoms with van der Waals surface area (Å²) in [4.78, 5) is 1.24. The van der Waals surface area contributed by atoms with Gasteiger partial charge in [-0.05, 0) is 31.2 Å². The summed E-state index contributed by atoms with van der Waals surface area (Å²) in [5.41, 5.74) is 7.28. The zero-order chi connectivity index (χ0) is 11.4. The van der Waals surface area contributed by atoms with Crippen molar-refractivity contribution in [3.63, 3.8) is 0 Å². The molecule has 2 rings (SSSR count). The zero-order valence-electron chi connectivity index (χ0n) is 9.22. The van der Waals surface area contributed by atoms with E-state index in [-0.39, 0.29) is 6.04 Å². The Morgan fingerprint density at radius 1 is 1.25 bits per heavy atom. The number of benzene rings is 1. The maximum absolute atomic E-state index is 6.00. The Labute approximate surface area is 99.8 Å². The largest absolute Gasteiger partial charge is 0.468 e.